The van der Waals surface area contributed by atoms with Crippen LogP contribution in [0.5, 0.6) is 0 Å². The van der Waals surface area contributed by atoms with Gasteiger partial charge in [-0.2, -0.15) is 0 Å². The molecule has 1 amide bonds. The highest BCUT2D eigenvalue weighted by Crippen LogP contribution is 2.29. The number of carbonyl (C=O) groups is 1. The number of hydrogen-bond donors (Lipinski definition) is 2. The summed E-state index contributed by atoms with van der Waals surface area (Å²) >= 11 is 6.00. The van der Waals surface area contributed by atoms with Crippen molar-refractivity contribution in [3.8, 4) is 0 Å². The second kappa shape index (κ2) is 6.67. The van der Waals surface area contributed by atoms with Gasteiger partial charge in [-0.05, 0) is 56.6 Å². The topological polar surface area (TPSA) is 44.4 Å². The van der Waals surface area contributed by atoms with Crippen LogP contribution in [0.15, 0.2) is 18.2 Å². The third-order valence-corrected chi connectivity index (χ3v) is 4.60. The molecule has 116 valence electrons. The number of carbonyl (C=O) groups excluding carboxylic acids is 1. The summed E-state index contributed by atoms with van der Waals surface area (Å²) in [4.78, 5) is 14.7. The van der Waals surface area contributed by atoms with Crippen LogP contribution in [-0.4, -0.2) is 44.5 Å². The molecule has 2 N–H and O–H groups in total. The molecule has 1 aliphatic heterocycles. The summed E-state index contributed by atoms with van der Waals surface area (Å²) < 4.78 is 0. The number of rotatable bonds is 4. The van der Waals surface area contributed by atoms with Gasteiger partial charge in [0, 0.05) is 24.3 Å². The second-order valence-electron chi connectivity index (χ2n) is 6.24. The van der Waals surface area contributed by atoms with Crippen LogP contribution in [0.2, 0.25) is 5.02 Å². The fourth-order valence-corrected chi connectivity index (χ4v) is 2.82. The summed E-state index contributed by atoms with van der Waals surface area (Å²) in [6.07, 6.45) is 2.22. The lowest BCUT2D eigenvalue weighted by Crippen LogP contribution is -2.43. The highest BCUT2D eigenvalue weighted by molar-refractivity contribution is 6.31. The number of nitrogens with one attached hydrogen (secondary N) is 2. The Morgan fingerprint density at radius 3 is 2.67 bits per heavy atom. The third kappa shape index (κ3) is 4.11. The molecule has 0 radical (unpaired) electrons. The van der Waals surface area contributed by atoms with Crippen molar-refractivity contribution in [2.75, 3.05) is 39.0 Å². The first-order valence-corrected chi connectivity index (χ1v) is 7.75. The Labute approximate surface area is 131 Å². The Balaban J connectivity index is 2.00. The molecular weight excluding hydrogens is 286 g/mol. The fourth-order valence-electron chi connectivity index (χ4n) is 2.65. The highest BCUT2D eigenvalue weighted by Gasteiger charge is 2.29. The van der Waals surface area contributed by atoms with Gasteiger partial charge in [0.2, 0.25) is 0 Å². The Kier molecular flexibility index (Phi) is 5.12. The van der Waals surface area contributed by atoms with Gasteiger partial charge in [0.25, 0.3) is 5.91 Å². The monoisotopic (exact) mass is 309 g/mol. The average Bonchev–Trinajstić information content (AvgIpc) is 2.48. The standard InChI is InChI=1S/C16H24ClN3O/c1-16(6-8-20(3)9-7-16)11-19-15(21)13-10-12(17)4-5-14(13)18-2/h4-5,10,18H,6-9,11H2,1-3H3,(H,19,21). The molecule has 0 unspecified atom stereocenters. The third-order valence-electron chi connectivity index (χ3n) is 4.37. The average molecular weight is 310 g/mol. The lowest BCUT2D eigenvalue weighted by atomic mass is 9.80. The molecule has 1 aromatic carbocycles. The van der Waals surface area contributed by atoms with Gasteiger partial charge >= 0.3 is 0 Å². The number of nitrogens with zero attached hydrogens (tertiary/aromatic N) is 1. The molecular formula is C16H24ClN3O. The summed E-state index contributed by atoms with van der Waals surface area (Å²) in [5.74, 6) is -0.0676. The molecule has 0 aromatic heterocycles. The van der Waals surface area contributed by atoms with Crippen LogP contribution < -0.4 is 10.6 Å². The maximum absolute atomic E-state index is 12.4. The van der Waals surface area contributed by atoms with Crippen molar-refractivity contribution in [3.05, 3.63) is 28.8 Å². The van der Waals surface area contributed by atoms with Crippen molar-refractivity contribution in [2.45, 2.75) is 19.8 Å². The first kappa shape index (κ1) is 16.1. The molecule has 1 heterocycles. The van der Waals surface area contributed by atoms with Crippen molar-refractivity contribution in [1.82, 2.24) is 10.2 Å². The highest BCUT2D eigenvalue weighted by atomic mass is 35.5. The van der Waals surface area contributed by atoms with E-state index in [-0.39, 0.29) is 11.3 Å². The van der Waals surface area contributed by atoms with Crippen molar-refractivity contribution in [3.63, 3.8) is 0 Å². The zero-order chi connectivity index (χ0) is 15.5. The number of piperidine rings is 1. The van der Waals surface area contributed by atoms with E-state index in [1.165, 1.54) is 0 Å². The predicted molar refractivity (Wildman–Crippen MR) is 88.2 cm³/mol. The molecule has 1 saturated heterocycles. The molecule has 5 heteroatoms. The van der Waals surface area contributed by atoms with Crippen molar-refractivity contribution in [2.24, 2.45) is 5.41 Å². The van der Waals surface area contributed by atoms with E-state index in [9.17, 15) is 4.79 Å². The maximum Gasteiger partial charge on any atom is 0.253 e. The molecule has 1 aliphatic rings. The van der Waals surface area contributed by atoms with E-state index < -0.39 is 0 Å². The van der Waals surface area contributed by atoms with Crippen LogP contribution in [0.4, 0.5) is 5.69 Å². The molecule has 4 nitrogen and oxygen atoms in total. The first-order valence-electron chi connectivity index (χ1n) is 7.38. The van der Waals surface area contributed by atoms with Crippen molar-refractivity contribution < 1.29 is 4.79 Å². The minimum Gasteiger partial charge on any atom is -0.387 e. The van der Waals surface area contributed by atoms with E-state index in [0.717, 1.165) is 31.6 Å². The molecule has 21 heavy (non-hydrogen) atoms. The van der Waals surface area contributed by atoms with Gasteiger partial charge in [0.1, 0.15) is 0 Å². The van der Waals surface area contributed by atoms with Crippen molar-refractivity contribution >= 4 is 23.2 Å². The Bertz CT molecular complexity index is 510. The number of likely N-dealkylation sites (tertiary alicyclic amines) is 1. The molecule has 0 aliphatic carbocycles. The smallest absolute Gasteiger partial charge is 0.253 e. The van der Waals surface area contributed by atoms with Gasteiger partial charge in [-0.15, -0.1) is 0 Å². The number of amides is 1. The second-order valence-corrected chi connectivity index (χ2v) is 6.67. The van der Waals surface area contributed by atoms with Crippen molar-refractivity contribution in [1.29, 1.82) is 0 Å². The fraction of sp³-hybridized carbons (Fsp3) is 0.562. The molecule has 0 bridgehead atoms. The SMILES string of the molecule is CNc1ccc(Cl)cc1C(=O)NCC1(C)CCN(C)CC1. The molecule has 0 saturated carbocycles. The van der Waals surface area contributed by atoms with Gasteiger partial charge in [-0.3, -0.25) is 4.79 Å². The van der Waals surface area contributed by atoms with Gasteiger partial charge in [0.05, 0.1) is 5.56 Å². The minimum absolute atomic E-state index is 0.0676. The lowest BCUT2D eigenvalue weighted by molar-refractivity contribution is 0.0892. The summed E-state index contributed by atoms with van der Waals surface area (Å²) in [7, 11) is 3.95. The largest absolute Gasteiger partial charge is 0.387 e. The van der Waals surface area contributed by atoms with Gasteiger partial charge in [-0.1, -0.05) is 18.5 Å². The Morgan fingerprint density at radius 2 is 2.05 bits per heavy atom. The molecule has 2 rings (SSSR count). The molecule has 0 spiro atoms. The quantitative estimate of drug-likeness (QED) is 0.899. The number of anilines is 1. The molecule has 0 atom stereocenters. The lowest BCUT2D eigenvalue weighted by Gasteiger charge is -2.38. The van der Waals surface area contributed by atoms with E-state index >= 15 is 0 Å². The number of halogens is 1. The normalized spacial score (nSPS) is 18.3. The summed E-state index contributed by atoms with van der Waals surface area (Å²) in [6.45, 7) is 5.13. The van der Waals surface area contributed by atoms with Crippen LogP contribution in [0.3, 0.4) is 0 Å². The molecule has 1 aromatic rings. The summed E-state index contributed by atoms with van der Waals surface area (Å²) in [5.41, 5.74) is 1.58. The van der Waals surface area contributed by atoms with E-state index in [0.29, 0.717) is 17.1 Å². The number of benzene rings is 1. The first-order chi connectivity index (χ1) is 9.93. The zero-order valence-electron chi connectivity index (χ0n) is 13.0. The van der Waals surface area contributed by atoms with E-state index in [1.54, 1.807) is 19.2 Å². The van der Waals surface area contributed by atoms with E-state index in [2.05, 4.69) is 29.5 Å². The predicted octanol–water partition coefficient (Wildman–Crippen LogP) is 2.84. The van der Waals surface area contributed by atoms with E-state index in [1.807, 2.05) is 6.07 Å². The van der Waals surface area contributed by atoms with Crippen LogP contribution in [-0.2, 0) is 0 Å². The van der Waals surface area contributed by atoms with Gasteiger partial charge < -0.3 is 15.5 Å². The number of hydrogen-bond acceptors (Lipinski definition) is 3. The Morgan fingerprint density at radius 1 is 1.38 bits per heavy atom. The van der Waals surface area contributed by atoms with Gasteiger partial charge in [-0.25, -0.2) is 0 Å². The Hall–Kier alpha value is -1.26. The molecule has 1 fully saturated rings. The van der Waals surface area contributed by atoms with Crippen LogP contribution in [0.25, 0.3) is 0 Å². The van der Waals surface area contributed by atoms with E-state index in [4.69, 9.17) is 11.6 Å². The minimum atomic E-state index is -0.0676. The summed E-state index contributed by atoms with van der Waals surface area (Å²) in [6, 6.07) is 5.32. The maximum atomic E-state index is 12.4. The van der Waals surface area contributed by atoms with Gasteiger partial charge in [0.15, 0.2) is 0 Å². The zero-order valence-corrected chi connectivity index (χ0v) is 13.8. The van der Waals surface area contributed by atoms with Crippen LogP contribution >= 0.6 is 11.6 Å². The van der Waals surface area contributed by atoms with Crippen LogP contribution in [0.1, 0.15) is 30.1 Å². The summed E-state index contributed by atoms with van der Waals surface area (Å²) in [5, 5.41) is 6.67. The van der Waals surface area contributed by atoms with Crippen LogP contribution in [0, 0.1) is 5.41 Å².